The molecule has 0 saturated carbocycles. The van der Waals surface area contributed by atoms with Gasteiger partial charge in [0, 0.05) is 35.2 Å². The molecule has 1 aliphatic rings. The Morgan fingerprint density at radius 1 is 1.22 bits per heavy atom. The summed E-state index contributed by atoms with van der Waals surface area (Å²) in [6, 6.07) is 9.56. The first-order valence-corrected chi connectivity index (χ1v) is 8.27. The Labute approximate surface area is 141 Å². The summed E-state index contributed by atoms with van der Waals surface area (Å²) in [5, 5.41) is 10.3. The second-order valence-electron chi connectivity index (χ2n) is 6.12. The van der Waals surface area contributed by atoms with E-state index in [0.29, 0.717) is 31.0 Å². The molecule has 1 aromatic heterocycles. The molecule has 1 N–H and O–H groups in total. The molecule has 2 aromatic rings. The van der Waals surface area contributed by atoms with Crippen molar-refractivity contribution in [3.8, 4) is 5.69 Å². The quantitative estimate of drug-likeness (QED) is 0.916. The first-order chi connectivity index (χ1) is 11.0. The number of carbonyl (C=O) groups is 1. The maximum absolute atomic E-state index is 12.8. The van der Waals surface area contributed by atoms with Gasteiger partial charge in [-0.25, -0.2) is 0 Å². The van der Waals surface area contributed by atoms with Gasteiger partial charge in [-0.2, -0.15) is 0 Å². The van der Waals surface area contributed by atoms with Gasteiger partial charge in [0.1, 0.15) is 0 Å². The maximum Gasteiger partial charge on any atom is 0.255 e. The Hall–Kier alpha value is -1.78. The van der Waals surface area contributed by atoms with E-state index in [-0.39, 0.29) is 12.0 Å². The van der Waals surface area contributed by atoms with Crippen LogP contribution in [0.1, 0.15) is 34.6 Å². The average Bonchev–Trinajstić information content (AvgIpc) is 2.82. The van der Waals surface area contributed by atoms with Gasteiger partial charge in [-0.15, -0.1) is 0 Å². The van der Waals surface area contributed by atoms with Crippen molar-refractivity contribution < 1.29 is 9.90 Å². The van der Waals surface area contributed by atoms with E-state index in [2.05, 4.69) is 4.57 Å². The number of amides is 1. The van der Waals surface area contributed by atoms with Crippen LogP contribution in [0.4, 0.5) is 0 Å². The van der Waals surface area contributed by atoms with E-state index in [0.717, 1.165) is 22.6 Å². The van der Waals surface area contributed by atoms with Gasteiger partial charge in [0.05, 0.1) is 11.7 Å². The van der Waals surface area contributed by atoms with Gasteiger partial charge >= 0.3 is 0 Å². The van der Waals surface area contributed by atoms with E-state index in [1.807, 2.05) is 49.1 Å². The molecule has 1 amide bonds. The highest BCUT2D eigenvalue weighted by Crippen LogP contribution is 2.24. The van der Waals surface area contributed by atoms with Crippen molar-refractivity contribution in [3.63, 3.8) is 0 Å². The molecule has 1 fully saturated rings. The number of aryl methyl sites for hydroxylation is 1. The van der Waals surface area contributed by atoms with Crippen LogP contribution >= 0.6 is 11.6 Å². The maximum atomic E-state index is 12.8. The summed E-state index contributed by atoms with van der Waals surface area (Å²) >= 11 is 6.09. The van der Waals surface area contributed by atoms with Crippen molar-refractivity contribution in [2.24, 2.45) is 0 Å². The van der Waals surface area contributed by atoms with Crippen LogP contribution in [-0.4, -0.2) is 39.7 Å². The lowest BCUT2D eigenvalue weighted by molar-refractivity contribution is 0.0546. The van der Waals surface area contributed by atoms with E-state index in [4.69, 9.17) is 11.6 Å². The minimum Gasteiger partial charge on any atom is -0.393 e. The number of hydrogen-bond acceptors (Lipinski definition) is 2. The molecular weight excluding hydrogens is 312 g/mol. The molecule has 0 radical (unpaired) electrons. The zero-order chi connectivity index (χ0) is 16.6. The van der Waals surface area contributed by atoms with Gasteiger partial charge in [-0.3, -0.25) is 4.79 Å². The lowest BCUT2D eigenvalue weighted by Gasteiger charge is -2.29. The minimum atomic E-state index is -0.280. The van der Waals surface area contributed by atoms with Crippen molar-refractivity contribution in [1.29, 1.82) is 0 Å². The van der Waals surface area contributed by atoms with Gasteiger partial charge in [-0.05, 0) is 51.0 Å². The summed E-state index contributed by atoms with van der Waals surface area (Å²) in [4.78, 5) is 14.6. The fourth-order valence-electron chi connectivity index (χ4n) is 3.23. The van der Waals surface area contributed by atoms with E-state index < -0.39 is 0 Å². The number of carbonyl (C=O) groups excluding carboxylic acids is 1. The standard InChI is InChI=1S/C18H21ClN2O2/c1-12-10-17(18(23)20-8-6-16(22)7-9-20)13(2)21(12)15-5-3-4-14(19)11-15/h3-5,10-11,16,22H,6-9H2,1-2H3. The average molecular weight is 333 g/mol. The Kier molecular flexibility index (Phi) is 4.46. The molecule has 0 atom stereocenters. The van der Waals surface area contributed by atoms with Crippen LogP contribution < -0.4 is 0 Å². The molecule has 0 bridgehead atoms. The van der Waals surface area contributed by atoms with Crippen LogP contribution in [0.3, 0.4) is 0 Å². The first kappa shape index (κ1) is 16.1. The number of halogens is 1. The van der Waals surface area contributed by atoms with Gasteiger partial charge in [0.2, 0.25) is 0 Å². The van der Waals surface area contributed by atoms with Crippen molar-refractivity contribution in [2.75, 3.05) is 13.1 Å². The van der Waals surface area contributed by atoms with Crippen molar-refractivity contribution in [2.45, 2.75) is 32.8 Å². The first-order valence-electron chi connectivity index (χ1n) is 7.89. The molecule has 1 aromatic carbocycles. The second kappa shape index (κ2) is 6.38. The lowest BCUT2D eigenvalue weighted by atomic mass is 10.1. The Bertz CT molecular complexity index is 731. The zero-order valence-corrected chi connectivity index (χ0v) is 14.2. The fourth-order valence-corrected chi connectivity index (χ4v) is 3.42. The summed E-state index contributed by atoms with van der Waals surface area (Å²) in [6.07, 6.45) is 1.02. The Morgan fingerprint density at radius 2 is 1.91 bits per heavy atom. The topological polar surface area (TPSA) is 45.5 Å². The summed E-state index contributed by atoms with van der Waals surface area (Å²) in [5.74, 6) is 0.0401. The molecule has 0 spiro atoms. The molecule has 5 heteroatoms. The number of likely N-dealkylation sites (tertiary alicyclic amines) is 1. The minimum absolute atomic E-state index is 0.0401. The van der Waals surface area contributed by atoms with Gasteiger partial charge in [-0.1, -0.05) is 17.7 Å². The number of aliphatic hydroxyl groups is 1. The summed E-state index contributed by atoms with van der Waals surface area (Å²) < 4.78 is 2.05. The smallest absolute Gasteiger partial charge is 0.255 e. The van der Waals surface area contributed by atoms with E-state index in [9.17, 15) is 9.90 Å². The van der Waals surface area contributed by atoms with E-state index in [1.54, 1.807) is 0 Å². The van der Waals surface area contributed by atoms with Gasteiger partial charge < -0.3 is 14.6 Å². The summed E-state index contributed by atoms with van der Waals surface area (Å²) in [7, 11) is 0. The molecule has 4 nitrogen and oxygen atoms in total. The molecule has 1 saturated heterocycles. The van der Waals surface area contributed by atoms with E-state index >= 15 is 0 Å². The number of aliphatic hydroxyl groups excluding tert-OH is 1. The molecule has 0 unspecified atom stereocenters. The van der Waals surface area contributed by atoms with Gasteiger partial charge in [0.15, 0.2) is 0 Å². The third-order valence-corrected chi connectivity index (χ3v) is 4.71. The van der Waals surface area contributed by atoms with Crippen molar-refractivity contribution >= 4 is 17.5 Å². The second-order valence-corrected chi connectivity index (χ2v) is 6.56. The van der Waals surface area contributed by atoms with Crippen LogP contribution in [0.2, 0.25) is 5.02 Å². The van der Waals surface area contributed by atoms with Crippen LogP contribution in [0, 0.1) is 13.8 Å². The molecule has 122 valence electrons. The number of piperidine rings is 1. The fraction of sp³-hybridized carbons (Fsp3) is 0.389. The highest BCUT2D eigenvalue weighted by Gasteiger charge is 2.25. The molecule has 1 aliphatic heterocycles. The SMILES string of the molecule is Cc1cc(C(=O)N2CCC(O)CC2)c(C)n1-c1cccc(Cl)c1. The Morgan fingerprint density at radius 3 is 2.57 bits per heavy atom. The van der Waals surface area contributed by atoms with Gasteiger partial charge in [0.25, 0.3) is 5.91 Å². The monoisotopic (exact) mass is 332 g/mol. The van der Waals surface area contributed by atoms with Crippen LogP contribution in [-0.2, 0) is 0 Å². The number of nitrogens with zero attached hydrogens (tertiary/aromatic N) is 2. The van der Waals surface area contributed by atoms with Crippen molar-refractivity contribution in [3.05, 3.63) is 52.3 Å². The molecule has 23 heavy (non-hydrogen) atoms. The third kappa shape index (κ3) is 3.14. The van der Waals surface area contributed by atoms with Crippen LogP contribution in [0.25, 0.3) is 5.69 Å². The van der Waals surface area contributed by atoms with Crippen molar-refractivity contribution in [1.82, 2.24) is 9.47 Å². The number of benzene rings is 1. The van der Waals surface area contributed by atoms with Crippen LogP contribution in [0.5, 0.6) is 0 Å². The molecule has 2 heterocycles. The third-order valence-electron chi connectivity index (χ3n) is 4.48. The zero-order valence-electron chi connectivity index (χ0n) is 13.4. The van der Waals surface area contributed by atoms with E-state index in [1.165, 1.54) is 0 Å². The summed E-state index contributed by atoms with van der Waals surface area (Å²) in [5.41, 5.74) is 3.60. The lowest BCUT2D eigenvalue weighted by Crippen LogP contribution is -2.40. The predicted molar refractivity (Wildman–Crippen MR) is 91.4 cm³/mol. The van der Waals surface area contributed by atoms with Crippen LogP contribution in [0.15, 0.2) is 30.3 Å². The predicted octanol–water partition coefficient (Wildman–Crippen LogP) is 3.34. The Balaban J connectivity index is 1.93. The number of rotatable bonds is 2. The molecular formula is C18H21ClN2O2. The highest BCUT2D eigenvalue weighted by atomic mass is 35.5. The highest BCUT2D eigenvalue weighted by molar-refractivity contribution is 6.30. The normalized spacial score (nSPS) is 15.9. The largest absolute Gasteiger partial charge is 0.393 e. The molecule has 0 aliphatic carbocycles. The number of hydrogen-bond donors (Lipinski definition) is 1. The number of aromatic nitrogens is 1. The summed E-state index contributed by atoms with van der Waals surface area (Å²) in [6.45, 7) is 5.17. The molecule has 3 rings (SSSR count).